The minimum Gasteiger partial charge on any atom is -0.476 e. The Morgan fingerprint density at radius 2 is 1.71 bits per heavy atom. The van der Waals surface area contributed by atoms with E-state index in [-0.39, 0.29) is 11.2 Å². The number of ether oxygens (including phenoxy) is 2. The number of nitrogens with one attached hydrogen (secondary N) is 1. The maximum atomic E-state index is 7.76. The molecule has 0 rings (SSSR count). The number of unbranched alkanes of at least 4 members (excludes halogenated alkanes) is 1. The Hall–Kier alpha value is -0.570. The minimum absolute atomic E-state index is 0.164. The molecule has 0 aromatic carbocycles. The van der Waals surface area contributed by atoms with E-state index in [1.807, 2.05) is 20.8 Å². The van der Waals surface area contributed by atoms with Crippen molar-refractivity contribution in [3.05, 3.63) is 0 Å². The summed E-state index contributed by atoms with van der Waals surface area (Å²) in [6, 6.07) is 0. The molecule has 0 aromatic rings. The van der Waals surface area contributed by atoms with Crippen molar-refractivity contribution in [3.8, 4) is 0 Å². The number of rotatable bonds is 7. The number of hydrogen-bond acceptors (Lipinski definition) is 3. The smallest absolute Gasteiger partial charge is 0.181 e. The van der Waals surface area contributed by atoms with Crippen LogP contribution in [0, 0.1) is 5.41 Å². The maximum Gasteiger partial charge on any atom is 0.181 e. The molecule has 17 heavy (non-hydrogen) atoms. The van der Waals surface area contributed by atoms with Crippen molar-refractivity contribution in [1.82, 2.24) is 0 Å². The fourth-order valence-corrected chi connectivity index (χ4v) is 1.40. The van der Waals surface area contributed by atoms with E-state index >= 15 is 0 Å². The molecule has 0 aliphatic rings. The predicted octanol–water partition coefficient (Wildman–Crippen LogP) is 4.15. The van der Waals surface area contributed by atoms with Crippen LogP contribution in [0.5, 0.6) is 0 Å². The first-order valence-corrected chi connectivity index (χ1v) is 6.57. The monoisotopic (exact) mass is 243 g/mol. The molecule has 0 bridgehead atoms. The van der Waals surface area contributed by atoms with Gasteiger partial charge in [-0.3, -0.25) is 5.41 Å². The molecule has 0 atom stereocenters. The molecule has 3 nitrogen and oxygen atoms in total. The van der Waals surface area contributed by atoms with E-state index in [1.54, 1.807) is 0 Å². The summed E-state index contributed by atoms with van der Waals surface area (Å²) >= 11 is 0. The zero-order chi connectivity index (χ0) is 13.5. The van der Waals surface area contributed by atoms with Crippen molar-refractivity contribution in [2.45, 2.75) is 78.4 Å². The van der Waals surface area contributed by atoms with E-state index in [0.29, 0.717) is 12.3 Å². The summed E-state index contributed by atoms with van der Waals surface area (Å²) in [6.07, 6.45) is 3.71. The summed E-state index contributed by atoms with van der Waals surface area (Å²) < 4.78 is 11.3. The highest BCUT2D eigenvalue weighted by Gasteiger charge is 2.21. The van der Waals surface area contributed by atoms with Crippen LogP contribution in [0.1, 0.15) is 67.2 Å². The van der Waals surface area contributed by atoms with Gasteiger partial charge < -0.3 is 9.47 Å². The second kappa shape index (κ2) is 7.00. The van der Waals surface area contributed by atoms with Gasteiger partial charge in [0.1, 0.15) is 5.60 Å². The molecule has 0 aliphatic carbocycles. The van der Waals surface area contributed by atoms with Gasteiger partial charge in [-0.25, -0.2) is 0 Å². The molecule has 0 heterocycles. The molecular formula is C14H29NO2. The Morgan fingerprint density at radius 3 is 2.18 bits per heavy atom. The van der Waals surface area contributed by atoms with Crippen molar-refractivity contribution < 1.29 is 9.47 Å². The first-order chi connectivity index (χ1) is 7.66. The highest BCUT2D eigenvalue weighted by molar-refractivity contribution is 5.73. The first kappa shape index (κ1) is 16.4. The van der Waals surface area contributed by atoms with Gasteiger partial charge in [-0.05, 0) is 47.5 Å². The van der Waals surface area contributed by atoms with Gasteiger partial charge in [-0.15, -0.1) is 0 Å². The summed E-state index contributed by atoms with van der Waals surface area (Å²) in [5.74, 6) is 0.352. The summed E-state index contributed by atoms with van der Waals surface area (Å²) in [7, 11) is 0. The second-order valence-corrected chi connectivity index (χ2v) is 6.10. The van der Waals surface area contributed by atoms with Crippen molar-refractivity contribution in [2.75, 3.05) is 6.61 Å². The molecule has 102 valence electrons. The van der Waals surface area contributed by atoms with E-state index < -0.39 is 0 Å². The second-order valence-electron chi connectivity index (χ2n) is 6.10. The maximum absolute atomic E-state index is 7.76. The van der Waals surface area contributed by atoms with Gasteiger partial charge in [0.05, 0.1) is 5.60 Å². The van der Waals surface area contributed by atoms with Gasteiger partial charge >= 0.3 is 0 Å². The van der Waals surface area contributed by atoms with Gasteiger partial charge in [0.2, 0.25) is 0 Å². The molecular weight excluding hydrogens is 214 g/mol. The predicted molar refractivity (Wildman–Crippen MR) is 72.7 cm³/mol. The lowest BCUT2D eigenvalue weighted by molar-refractivity contribution is -0.0248. The SMILES string of the molecule is CCCCOC(C)(C)CCC(=N)OC(C)(C)C. The molecule has 3 heteroatoms. The van der Waals surface area contributed by atoms with Gasteiger partial charge in [0, 0.05) is 13.0 Å². The van der Waals surface area contributed by atoms with Crippen LogP contribution in [0.15, 0.2) is 0 Å². The van der Waals surface area contributed by atoms with Crippen LogP contribution in [0.4, 0.5) is 0 Å². The Morgan fingerprint density at radius 1 is 1.12 bits per heavy atom. The number of hydrogen-bond donors (Lipinski definition) is 1. The average molecular weight is 243 g/mol. The fraction of sp³-hybridized carbons (Fsp3) is 0.929. The van der Waals surface area contributed by atoms with E-state index in [0.717, 1.165) is 25.9 Å². The third-order valence-electron chi connectivity index (χ3n) is 2.37. The fourth-order valence-electron chi connectivity index (χ4n) is 1.40. The molecule has 0 fully saturated rings. The lowest BCUT2D eigenvalue weighted by atomic mass is 10.0. The molecule has 0 aromatic heterocycles. The Kier molecular flexibility index (Phi) is 6.76. The molecule has 0 amide bonds. The first-order valence-electron chi connectivity index (χ1n) is 6.57. The third kappa shape index (κ3) is 10.3. The van der Waals surface area contributed by atoms with Gasteiger partial charge in [-0.1, -0.05) is 13.3 Å². The van der Waals surface area contributed by atoms with Crippen molar-refractivity contribution in [3.63, 3.8) is 0 Å². The van der Waals surface area contributed by atoms with Gasteiger partial charge in [0.15, 0.2) is 5.90 Å². The van der Waals surface area contributed by atoms with E-state index in [2.05, 4.69) is 20.8 Å². The highest BCUT2D eigenvalue weighted by atomic mass is 16.5. The molecule has 0 spiro atoms. The molecule has 0 saturated carbocycles. The van der Waals surface area contributed by atoms with Gasteiger partial charge in [0.25, 0.3) is 0 Å². The van der Waals surface area contributed by atoms with Gasteiger partial charge in [-0.2, -0.15) is 0 Å². The van der Waals surface area contributed by atoms with E-state index in [1.165, 1.54) is 0 Å². The van der Waals surface area contributed by atoms with Crippen molar-refractivity contribution >= 4 is 5.90 Å². The minimum atomic E-state index is -0.274. The molecule has 0 unspecified atom stereocenters. The lowest BCUT2D eigenvalue weighted by Gasteiger charge is -2.27. The zero-order valence-corrected chi connectivity index (χ0v) is 12.4. The molecule has 0 saturated heterocycles. The molecule has 0 aliphatic heterocycles. The topological polar surface area (TPSA) is 42.3 Å². The normalized spacial score (nSPS) is 12.6. The highest BCUT2D eigenvalue weighted by Crippen LogP contribution is 2.19. The largest absolute Gasteiger partial charge is 0.476 e. The van der Waals surface area contributed by atoms with Crippen LogP contribution in [-0.4, -0.2) is 23.7 Å². The summed E-state index contributed by atoms with van der Waals surface area (Å²) in [4.78, 5) is 0. The lowest BCUT2D eigenvalue weighted by Crippen LogP contribution is -2.28. The summed E-state index contributed by atoms with van der Waals surface area (Å²) in [6.45, 7) is 13.0. The standard InChI is InChI=1S/C14H29NO2/c1-7-8-11-16-14(5,6)10-9-12(15)17-13(2,3)4/h15H,7-11H2,1-6H3. The third-order valence-corrected chi connectivity index (χ3v) is 2.37. The Balaban J connectivity index is 3.88. The molecule has 1 N–H and O–H groups in total. The van der Waals surface area contributed by atoms with Crippen molar-refractivity contribution in [1.29, 1.82) is 5.41 Å². The van der Waals surface area contributed by atoms with Crippen LogP contribution in [0.2, 0.25) is 0 Å². The van der Waals surface area contributed by atoms with Crippen LogP contribution < -0.4 is 0 Å². The zero-order valence-electron chi connectivity index (χ0n) is 12.4. The van der Waals surface area contributed by atoms with Crippen molar-refractivity contribution in [2.24, 2.45) is 0 Å². The Labute approximate surface area is 106 Å². The van der Waals surface area contributed by atoms with E-state index in [9.17, 15) is 0 Å². The Bertz CT molecular complexity index is 229. The van der Waals surface area contributed by atoms with Crippen LogP contribution >= 0.6 is 0 Å². The summed E-state index contributed by atoms with van der Waals surface area (Å²) in [5.41, 5.74) is -0.437. The van der Waals surface area contributed by atoms with E-state index in [4.69, 9.17) is 14.9 Å². The van der Waals surface area contributed by atoms with Crippen LogP contribution in [0.25, 0.3) is 0 Å². The summed E-state index contributed by atoms with van der Waals surface area (Å²) in [5, 5.41) is 7.76. The van der Waals surface area contributed by atoms with Crippen LogP contribution in [0.3, 0.4) is 0 Å². The quantitative estimate of drug-likeness (QED) is 0.414. The average Bonchev–Trinajstić information content (AvgIpc) is 2.13. The van der Waals surface area contributed by atoms with Crippen LogP contribution in [-0.2, 0) is 9.47 Å². The molecule has 0 radical (unpaired) electrons.